The zero-order chi connectivity index (χ0) is 14.9. The summed E-state index contributed by atoms with van der Waals surface area (Å²) in [6.45, 7) is 8.52. The van der Waals surface area contributed by atoms with Gasteiger partial charge >= 0.3 is 0 Å². The summed E-state index contributed by atoms with van der Waals surface area (Å²) < 4.78 is 7.53. The number of hydrogen-bond donors (Lipinski definition) is 1. The molecule has 0 fully saturated rings. The molecule has 112 valence electrons. The van der Waals surface area contributed by atoms with Crippen LogP contribution in [0.3, 0.4) is 0 Å². The van der Waals surface area contributed by atoms with Crippen LogP contribution < -0.4 is 4.90 Å². The summed E-state index contributed by atoms with van der Waals surface area (Å²) in [5, 5.41) is 0. The summed E-state index contributed by atoms with van der Waals surface area (Å²) in [5.74, 6) is 0. The summed E-state index contributed by atoms with van der Waals surface area (Å²) in [4.78, 5) is 1.47. The van der Waals surface area contributed by atoms with Crippen molar-refractivity contribution in [3.05, 3.63) is 72.6 Å². The lowest BCUT2D eigenvalue weighted by Crippen LogP contribution is -3.11. The van der Waals surface area contributed by atoms with Gasteiger partial charge in [0.05, 0.1) is 18.8 Å². The molecule has 0 saturated carbocycles. The van der Waals surface area contributed by atoms with E-state index in [1.807, 2.05) is 6.08 Å². The molecule has 3 heteroatoms. The minimum atomic E-state index is 0.780. The molecule has 0 spiro atoms. The lowest BCUT2D eigenvalue weighted by Gasteiger charge is -2.19. The number of methoxy groups -OCH3 is 1. The number of quaternary nitrogens is 1. The summed E-state index contributed by atoms with van der Waals surface area (Å²) in [5.41, 5.74) is 2.68. The number of nitrogens with one attached hydrogen (secondary N) is 1. The van der Waals surface area contributed by atoms with E-state index in [1.165, 1.54) is 16.2 Å². The normalized spacial score (nSPS) is 12.2. The third kappa shape index (κ3) is 4.88. The van der Waals surface area contributed by atoms with Crippen LogP contribution >= 0.6 is 0 Å². The van der Waals surface area contributed by atoms with Crippen molar-refractivity contribution < 1.29 is 9.64 Å². The van der Waals surface area contributed by atoms with E-state index in [9.17, 15) is 0 Å². The summed E-state index contributed by atoms with van der Waals surface area (Å²) >= 11 is 0. The Morgan fingerprint density at radius 1 is 1.19 bits per heavy atom. The van der Waals surface area contributed by atoms with Gasteiger partial charge in [-0.1, -0.05) is 36.9 Å². The SMILES string of the molecule is C=CC[NH+](CCOC)Cc1cccn1Cc1ccccc1. The lowest BCUT2D eigenvalue weighted by molar-refractivity contribution is -0.908. The first kappa shape index (κ1) is 15.5. The molecule has 2 rings (SSSR count). The Labute approximate surface area is 127 Å². The van der Waals surface area contributed by atoms with E-state index >= 15 is 0 Å². The average molecular weight is 285 g/mol. The second kappa shape index (κ2) is 8.45. The van der Waals surface area contributed by atoms with Crippen LogP contribution in [0.4, 0.5) is 0 Å². The van der Waals surface area contributed by atoms with E-state index in [0.29, 0.717) is 0 Å². The Bertz CT molecular complexity index is 533. The second-order valence-electron chi connectivity index (χ2n) is 5.28. The van der Waals surface area contributed by atoms with Crippen molar-refractivity contribution in [2.24, 2.45) is 0 Å². The third-order valence-corrected chi connectivity index (χ3v) is 3.64. The van der Waals surface area contributed by atoms with Crippen molar-refractivity contribution in [3.63, 3.8) is 0 Å². The maximum Gasteiger partial charge on any atom is 0.118 e. The van der Waals surface area contributed by atoms with E-state index < -0.39 is 0 Å². The molecule has 0 bridgehead atoms. The second-order valence-corrected chi connectivity index (χ2v) is 5.28. The van der Waals surface area contributed by atoms with Crippen molar-refractivity contribution in [2.75, 3.05) is 26.8 Å². The first-order valence-electron chi connectivity index (χ1n) is 7.45. The van der Waals surface area contributed by atoms with Gasteiger partial charge in [-0.3, -0.25) is 0 Å². The molecule has 1 aromatic carbocycles. The molecule has 0 aliphatic rings. The Kier molecular flexibility index (Phi) is 6.25. The van der Waals surface area contributed by atoms with Crippen molar-refractivity contribution in [3.8, 4) is 0 Å². The first-order chi connectivity index (χ1) is 10.3. The fraction of sp³-hybridized carbons (Fsp3) is 0.333. The average Bonchev–Trinajstić information content (AvgIpc) is 2.93. The highest BCUT2D eigenvalue weighted by Crippen LogP contribution is 2.07. The summed E-state index contributed by atoms with van der Waals surface area (Å²) in [6.07, 6.45) is 4.14. The molecule has 1 unspecified atom stereocenters. The number of rotatable bonds is 9. The van der Waals surface area contributed by atoms with Crippen molar-refractivity contribution in [1.82, 2.24) is 4.57 Å². The van der Waals surface area contributed by atoms with Gasteiger partial charge in [0.2, 0.25) is 0 Å². The minimum Gasteiger partial charge on any atom is -0.379 e. The molecule has 21 heavy (non-hydrogen) atoms. The first-order valence-corrected chi connectivity index (χ1v) is 7.45. The molecule has 3 nitrogen and oxygen atoms in total. The predicted octanol–water partition coefficient (Wildman–Crippen LogP) is 1.75. The smallest absolute Gasteiger partial charge is 0.118 e. The van der Waals surface area contributed by atoms with Gasteiger partial charge < -0.3 is 14.2 Å². The van der Waals surface area contributed by atoms with E-state index in [-0.39, 0.29) is 0 Å². The molecule has 0 saturated heterocycles. The van der Waals surface area contributed by atoms with Gasteiger partial charge in [0.1, 0.15) is 13.1 Å². The molecule has 0 amide bonds. The van der Waals surface area contributed by atoms with Crippen molar-refractivity contribution in [2.45, 2.75) is 13.1 Å². The van der Waals surface area contributed by atoms with Crippen LogP contribution in [-0.2, 0) is 17.8 Å². The van der Waals surface area contributed by atoms with Gasteiger partial charge in [-0.25, -0.2) is 0 Å². The monoisotopic (exact) mass is 285 g/mol. The molecule has 0 radical (unpaired) electrons. The number of aromatic nitrogens is 1. The topological polar surface area (TPSA) is 18.6 Å². The van der Waals surface area contributed by atoms with Gasteiger partial charge in [-0.2, -0.15) is 0 Å². The van der Waals surface area contributed by atoms with Crippen LogP contribution in [0.2, 0.25) is 0 Å². The predicted molar refractivity (Wildman–Crippen MR) is 86.4 cm³/mol. The van der Waals surface area contributed by atoms with Gasteiger partial charge in [-0.15, -0.1) is 0 Å². The summed E-state index contributed by atoms with van der Waals surface area (Å²) in [6, 6.07) is 14.9. The van der Waals surface area contributed by atoms with Crippen LogP contribution in [0.25, 0.3) is 0 Å². The highest BCUT2D eigenvalue weighted by Gasteiger charge is 2.11. The standard InChI is InChI=1S/C18H24N2O/c1-3-11-19(13-14-21-2)16-18-10-7-12-20(18)15-17-8-5-4-6-9-17/h3-10,12H,1,11,13-16H2,2H3/p+1. The Morgan fingerprint density at radius 3 is 2.71 bits per heavy atom. The molecule has 2 aromatic rings. The van der Waals surface area contributed by atoms with E-state index in [4.69, 9.17) is 4.74 Å². The lowest BCUT2D eigenvalue weighted by atomic mass is 10.2. The van der Waals surface area contributed by atoms with E-state index in [1.54, 1.807) is 7.11 Å². The molecule has 0 aliphatic heterocycles. The summed E-state index contributed by atoms with van der Waals surface area (Å²) in [7, 11) is 1.75. The largest absolute Gasteiger partial charge is 0.379 e. The fourth-order valence-electron chi connectivity index (χ4n) is 2.51. The maximum absolute atomic E-state index is 5.20. The minimum absolute atomic E-state index is 0.780. The molecular formula is C18H25N2O+. The van der Waals surface area contributed by atoms with E-state index in [2.05, 4.69) is 59.8 Å². The molecule has 1 aromatic heterocycles. The third-order valence-electron chi connectivity index (χ3n) is 3.64. The van der Waals surface area contributed by atoms with Crippen LogP contribution in [0, 0.1) is 0 Å². The number of ether oxygens (including phenoxy) is 1. The van der Waals surface area contributed by atoms with Gasteiger partial charge in [0.15, 0.2) is 0 Å². The highest BCUT2D eigenvalue weighted by atomic mass is 16.5. The fourth-order valence-corrected chi connectivity index (χ4v) is 2.51. The van der Waals surface area contributed by atoms with Crippen LogP contribution in [0.15, 0.2) is 61.3 Å². The van der Waals surface area contributed by atoms with Crippen LogP contribution in [-0.4, -0.2) is 31.4 Å². The van der Waals surface area contributed by atoms with Gasteiger partial charge in [-0.05, 0) is 23.8 Å². The molecular weight excluding hydrogens is 260 g/mol. The quantitative estimate of drug-likeness (QED) is 0.695. The molecule has 1 atom stereocenters. The zero-order valence-corrected chi connectivity index (χ0v) is 12.8. The van der Waals surface area contributed by atoms with E-state index in [0.717, 1.165) is 32.8 Å². The maximum atomic E-state index is 5.20. The van der Waals surface area contributed by atoms with Gasteiger partial charge in [0.25, 0.3) is 0 Å². The number of nitrogens with zero attached hydrogens (tertiary/aromatic N) is 1. The highest BCUT2D eigenvalue weighted by molar-refractivity contribution is 5.17. The van der Waals surface area contributed by atoms with Crippen molar-refractivity contribution in [1.29, 1.82) is 0 Å². The molecule has 0 aliphatic carbocycles. The molecule has 1 heterocycles. The van der Waals surface area contributed by atoms with Crippen LogP contribution in [0.1, 0.15) is 11.3 Å². The Hall–Kier alpha value is -1.84. The Balaban J connectivity index is 2.02. The van der Waals surface area contributed by atoms with Gasteiger partial charge in [0, 0.05) is 19.9 Å². The zero-order valence-electron chi connectivity index (χ0n) is 12.8. The van der Waals surface area contributed by atoms with Crippen LogP contribution in [0.5, 0.6) is 0 Å². The number of benzene rings is 1. The Morgan fingerprint density at radius 2 is 2.00 bits per heavy atom. The number of hydrogen-bond acceptors (Lipinski definition) is 1. The molecule has 1 N–H and O–H groups in total. The van der Waals surface area contributed by atoms with Crippen molar-refractivity contribution >= 4 is 0 Å².